The summed E-state index contributed by atoms with van der Waals surface area (Å²) in [5.74, 6) is -2.25. The predicted molar refractivity (Wildman–Crippen MR) is 94.5 cm³/mol. The molecule has 1 fully saturated rings. The zero-order valence-corrected chi connectivity index (χ0v) is 16.0. The van der Waals surface area contributed by atoms with Gasteiger partial charge < -0.3 is 24.6 Å². The number of amides is 1. The van der Waals surface area contributed by atoms with Crippen LogP contribution in [0.4, 0.5) is 0 Å². The summed E-state index contributed by atoms with van der Waals surface area (Å²) in [7, 11) is 0. The Morgan fingerprint density at radius 1 is 1.27 bits per heavy atom. The molecule has 1 amide bonds. The van der Waals surface area contributed by atoms with Crippen LogP contribution >= 0.6 is 11.8 Å². The average molecular weight is 387 g/mol. The quantitative estimate of drug-likeness (QED) is 0.421. The number of hydrogen-bond donors (Lipinski definition) is 2. The first-order chi connectivity index (χ1) is 12.4. The molecule has 2 rings (SSSR count). The molecule has 146 valence electrons. The van der Waals surface area contributed by atoms with Crippen LogP contribution in [0.5, 0.6) is 0 Å². The summed E-state index contributed by atoms with van der Waals surface area (Å²) in [6.45, 7) is 4.86. The number of esters is 2. The van der Waals surface area contributed by atoms with Gasteiger partial charge in [-0.3, -0.25) is 14.4 Å². The minimum Gasteiger partial charge on any atom is -0.466 e. The summed E-state index contributed by atoms with van der Waals surface area (Å²) < 4.78 is 15.1. The van der Waals surface area contributed by atoms with Crippen molar-refractivity contribution in [2.75, 3.05) is 32.1 Å². The molecule has 4 atom stereocenters. The van der Waals surface area contributed by atoms with Crippen molar-refractivity contribution < 1.29 is 33.7 Å². The molecule has 2 aliphatic heterocycles. The molecule has 0 spiro atoms. The van der Waals surface area contributed by atoms with Crippen LogP contribution < -0.4 is 5.32 Å². The molecule has 0 aromatic carbocycles. The average Bonchev–Trinajstić information content (AvgIpc) is 3.14. The lowest BCUT2D eigenvalue weighted by atomic mass is 9.74. The van der Waals surface area contributed by atoms with Crippen LogP contribution in [0.1, 0.15) is 20.8 Å². The van der Waals surface area contributed by atoms with Gasteiger partial charge >= 0.3 is 11.9 Å². The van der Waals surface area contributed by atoms with Crippen LogP contribution in [0.2, 0.25) is 0 Å². The molecular weight excluding hydrogens is 362 g/mol. The van der Waals surface area contributed by atoms with Gasteiger partial charge in [0.1, 0.15) is 17.6 Å². The Bertz CT molecular complexity index is 596. The van der Waals surface area contributed by atoms with E-state index in [1.807, 2.05) is 0 Å². The van der Waals surface area contributed by atoms with E-state index in [1.54, 1.807) is 26.0 Å². The van der Waals surface area contributed by atoms with Gasteiger partial charge in [-0.1, -0.05) is 12.2 Å². The highest BCUT2D eigenvalue weighted by atomic mass is 32.2. The molecule has 2 heterocycles. The van der Waals surface area contributed by atoms with Crippen LogP contribution in [-0.4, -0.2) is 71.5 Å². The second-order valence-corrected chi connectivity index (χ2v) is 7.41. The van der Waals surface area contributed by atoms with Crippen molar-refractivity contribution in [2.24, 2.45) is 5.92 Å². The first-order valence-electron chi connectivity index (χ1n) is 8.58. The molecule has 2 aliphatic rings. The molecule has 0 saturated carbocycles. The third kappa shape index (κ3) is 3.47. The van der Waals surface area contributed by atoms with Crippen LogP contribution in [0.15, 0.2) is 12.2 Å². The minimum absolute atomic E-state index is 0.0274. The van der Waals surface area contributed by atoms with Crippen LogP contribution in [0, 0.1) is 5.92 Å². The van der Waals surface area contributed by atoms with E-state index < -0.39 is 34.3 Å². The minimum atomic E-state index is -1.38. The van der Waals surface area contributed by atoms with Gasteiger partial charge in [0.15, 0.2) is 4.75 Å². The van der Waals surface area contributed by atoms with E-state index in [0.717, 1.165) is 11.8 Å². The molecule has 0 aliphatic carbocycles. The van der Waals surface area contributed by atoms with Crippen molar-refractivity contribution in [3.05, 3.63) is 12.2 Å². The lowest BCUT2D eigenvalue weighted by Crippen LogP contribution is -2.59. The fourth-order valence-electron chi connectivity index (χ4n) is 3.47. The van der Waals surface area contributed by atoms with E-state index in [0.29, 0.717) is 0 Å². The molecule has 2 bridgehead atoms. The molecule has 26 heavy (non-hydrogen) atoms. The van der Waals surface area contributed by atoms with Gasteiger partial charge in [0.05, 0.1) is 26.4 Å². The fraction of sp³-hybridized carbons (Fsp3) is 0.706. The summed E-state index contributed by atoms with van der Waals surface area (Å²) >= 11 is 1.12. The Kier molecular flexibility index (Phi) is 6.70. The molecule has 0 aromatic rings. The van der Waals surface area contributed by atoms with Crippen molar-refractivity contribution in [3.63, 3.8) is 0 Å². The first-order valence-corrected chi connectivity index (χ1v) is 9.56. The van der Waals surface area contributed by atoms with Crippen LogP contribution in [0.3, 0.4) is 0 Å². The molecule has 0 aromatic heterocycles. The van der Waals surface area contributed by atoms with Gasteiger partial charge in [0.2, 0.25) is 5.91 Å². The maximum absolute atomic E-state index is 12.9. The van der Waals surface area contributed by atoms with E-state index in [1.165, 1.54) is 6.92 Å². The Hall–Kier alpha value is -1.58. The fourth-order valence-corrected chi connectivity index (χ4v) is 4.83. The standard InChI is InChI=1S/C17H25NO7S/c1-4-23-14(21)13-16(10-18-11(3)20)7-6-12(25-16)17(13,26-9-8-19)15(22)24-5-2/h6-7,12-13,19H,4-5,8-10H2,1-3H3,(H,18,20). The van der Waals surface area contributed by atoms with Gasteiger partial charge in [0, 0.05) is 12.7 Å². The number of ether oxygens (including phenoxy) is 3. The Labute approximate surface area is 156 Å². The van der Waals surface area contributed by atoms with Crippen molar-refractivity contribution in [1.82, 2.24) is 5.32 Å². The zero-order valence-electron chi connectivity index (χ0n) is 15.1. The molecule has 9 heteroatoms. The van der Waals surface area contributed by atoms with E-state index in [2.05, 4.69) is 5.32 Å². The van der Waals surface area contributed by atoms with E-state index >= 15 is 0 Å². The van der Waals surface area contributed by atoms with E-state index in [9.17, 15) is 19.5 Å². The number of carbonyl (C=O) groups is 3. The Morgan fingerprint density at radius 2 is 1.96 bits per heavy atom. The van der Waals surface area contributed by atoms with Gasteiger partial charge in [-0.15, -0.1) is 11.8 Å². The number of fused-ring (bicyclic) bond motifs is 2. The summed E-state index contributed by atoms with van der Waals surface area (Å²) in [6, 6.07) is 0. The maximum atomic E-state index is 12.9. The largest absolute Gasteiger partial charge is 0.466 e. The molecule has 4 unspecified atom stereocenters. The number of nitrogens with one attached hydrogen (secondary N) is 1. The topological polar surface area (TPSA) is 111 Å². The third-order valence-electron chi connectivity index (χ3n) is 4.40. The SMILES string of the molecule is CCOC(=O)C1C2(CNC(C)=O)C=CC(O2)C1(SCCO)C(=O)OCC. The zero-order chi connectivity index (χ0) is 19.4. The number of hydrogen-bond acceptors (Lipinski definition) is 8. The normalized spacial score (nSPS) is 31.7. The van der Waals surface area contributed by atoms with E-state index in [-0.39, 0.29) is 38.0 Å². The molecule has 0 radical (unpaired) electrons. The molecule has 2 N–H and O–H groups in total. The Balaban J connectivity index is 2.50. The van der Waals surface area contributed by atoms with Crippen LogP contribution in [-0.2, 0) is 28.6 Å². The lowest BCUT2D eigenvalue weighted by molar-refractivity contribution is -0.159. The number of aliphatic hydroxyl groups excluding tert-OH is 1. The van der Waals surface area contributed by atoms with Crippen molar-refractivity contribution in [2.45, 2.75) is 37.2 Å². The summed E-state index contributed by atoms with van der Waals surface area (Å²) in [4.78, 5) is 37.2. The highest BCUT2D eigenvalue weighted by Crippen LogP contribution is 2.56. The van der Waals surface area contributed by atoms with Gasteiger partial charge in [0.25, 0.3) is 0 Å². The summed E-state index contributed by atoms with van der Waals surface area (Å²) in [5.41, 5.74) is -1.20. The lowest BCUT2D eigenvalue weighted by Gasteiger charge is -2.38. The second-order valence-electron chi connectivity index (χ2n) is 6.03. The molecule has 8 nitrogen and oxygen atoms in total. The van der Waals surface area contributed by atoms with Crippen molar-refractivity contribution in [1.29, 1.82) is 0 Å². The second kappa shape index (κ2) is 8.41. The van der Waals surface area contributed by atoms with Gasteiger partial charge in [-0.25, -0.2) is 0 Å². The summed E-state index contributed by atoms with van der Waals surface area (Å²) in [6.07, 6.45) is 2.69. The smallest absolute Gasteiger partial charge is 0.326 e. The number of aliphatic hydroxyl groups is 1. The van der Waals surface area contributed by atoms with Gasteiger partial charge in [-0.2, -0.15) is 0 Å². The number of carbonyl (C=O) groups excluding carboxylic acids is 3. The highest BCUT2D eigenvalue weighted by molar-refractivity contribution is 8.01. The molecular formula is C17H25NO7S. The summed E-state index contributed by atoms with van der Waals surface area (Å²) in [5, 5.41) is 12.0. The van der Waals surface area contributed by atoms with Crippen LogP contribution in [0.25, 0.3) is 0 Å². The van der Waals surface area contributed by atoms with Crippen molar-refractivity contribution in [3.8, 4) is 0 Å². The van der Waals surface area contributed by atoms with E-state index in [4.69, 9.17) is 14.2 Å². The Morgan fingerprint density at radius 3 is 2.54 bits per heavy atom. The maximum Gasteiger partial charge on any atom is 0.326 e. The molecule has 1 saturated heterocycles. The number of rotatable bonds is 9. The first kappa shape index (κ1) is 20.7. The monoisotopic (exact) mass is 387 g/mol. The highest BCUT2D eigenvalue weighted by Gasteiger charge is 2.72. The predicted octanol–water partition coefficient (Wildman–Crippen LogP) is 0.0366. The third-order valence-corrected chi connectivity index (χ3v) is 5.90. The van der Waals surface area contributed by atoms with Crippen molar-refractivity contribution >= 4 is 29.6 Å². The van der Waals surface area contributed by atoms with Gasteiger partial charge in [-0.05, 0) is 13.8 Å². The number of thioether (sulfide) groups is 1.